The molecule has 0 aliphatic carbocycles. The highest BCUT2D eigenvalue weighted by Crippen LogP contribution is 2.19. The van der Waals surface area contributed by atoms with Crippen LogP contribution in [0.2, 0.25) is 0 Å². The molecule has 0 spiro atoms. The molecule has 5 nitrogen and oxygen atoms in total. The second-order valence-electron chi connectivity index (χ2n) is 4.14. The molecule has 3 aromatic rings. The number of benzene rings is 1. The van der Waals surface area contributed by atoms with Crippen molar-refractivity contribution in [2.45, 2.75) is 13.0 Å². The lowest BCUT2D eigenvalue weighted by Crippen LogP contribution is -2.07. The van der Waals surface area contributed by atoms with Crippen LogP contribution in [0.15, 0.2) is 47.5 Å². The summed E-state index contributed by atoms with van der Waals surface area (Å²) in [6.45, 7) is 2.10. The summed E-state index contributed by atoms with van der Waals surface area (Å²) >= 11 is 1.61. The molecule has 0 bridgehead atoms. The van der Waals surface area contributed by atoms with Gasteiger partial charge in [-0.05, 0) is 31.2 Å². The lowest BCUT2D eigenvalue weighted by molar-refractivity contribution is 0.752. The quantitative estimate of drug-likeness (QED) is 0.792. The zero-order valence-corrected chi connectivity index (χ0v) is 11.2. The molecule has 96 valence electrons. The molecule has 3 rings (SSSR count). The Morgan fingerprint density at radius 1 is 1.16 bits per heavy atom. The highest BCUT2D eigenvalue weighted by atomic mass is 32.1. The summed E-state index contributed by atoms with van der Waals surface area (Å²) < 4.78 is 0. The van der Waals surface area contributed by atoms with Gasteiger partial charge in [-0.15, -0.1) is 11.3 Å². The van der Waals surface area contributed by atoms with E-state index in [1.807, 2.05) is 29.8 Å². The zero-order chi connectivity index (χ0) is 13.1. The third kappa shape index (κ3) is 2.63. The van der Waals surface area contributed by atoms with E-state index in [2.05, 4.69) is 32.8 Å². The molecule has 0 aliphatic rings. The molecule has 6 heteroatoms. The van der Waals surface area contributed by atoms with Gasteiger partial charge in [0, 0.05) is 11.1 Å². The van der Waals surface area contributed by atoms with Crippen LogP contribution in [-0.2, 0) is 0 Å². The minimum atomic E-state index is 0.194. The molecule has 0 aliphatic heterocycles. The number of rotatable bonds is 4. The minimum absolute atomic E-state index is 0.194. The van der Waals surface area contributed by atoms with Crippen LogP contribution in [0.25, 0.3) is 5.69 Å². The fourth-order valence-corrected chi connectivity index (χ4v) is 2.45. The first kappa shape index (κ1) is 11.9. The molecule has 0 amide bonds. The number of nitrogens with zero attached hydrogens (tertiary/aromatic N) is 4. The van der Waals surface area contributed by atoms with Crippen molar-refractivity contribution in [1.82, 2.24) is 20.0 Å². The van der Waals surface area contributed by atoms with E-state index in [-0.39, 0.29) is 6.04 Å². The van der Waals surface area contributed by atoms with Crippen LogP contribution >= 0.6 is 11.3 Å². The van der Waals surface area contributed by atoms with Crippen LogP contribution in [0, 0.1) is 0 Å². The Labute approximate surface area is 114 Å². The number of hydrogen-bond donors (Lipinski definition) is 1. The molecule has 0 fully saturated rings. The average Bonchev–Trinajstić information content (AvgIpc) is 3.13. The Kier molecular flexibility index (Phi) is 3.24. The van der Waals surface area contributed by atoms with Gasteiger partial charge in [0.1, 0.15) is 0 Å². The van der Waals surface area contributed by atoms with E-state index in [1.54, 1.807) is 28.5 Å². The number of anilines is 1. The third-order valence-corrected chi connectivity index (χ3v) is 3.40. The Balaban J connectivity index is 1.73. The fraction of sp³-hybridized carbons (Fsp3) is 0.154. The number of hydrogen-bond acceptors (Lipinski definition) is 5. The number of thiazole rings is 1. The standard InChI is InChI=1S/C13H13N5S/c1-10(13-8-19-9-14-13)17-11-2-4-12(5-3-11)18-15-6-7-16-18/h2-10,17H,1H3. The molecular weight excluding hydrogens is 258 g/mol. The van der Waals surface area contributed by atoms with Crippen LogP contribution in [0.3, 0.4) is 0 Å². The molecule has 1 N–H and O–H groups in total. The first-order valence-electron chi connectivity index (χ1n) is 5.94. The van der Waals surface area contributed by atoms with Crippen molar-refractivity contribution in [2.24, 2.45) is 0 Å². The van der Waals surface area contributed by atoms with Gasteiger partial charge in [0.2, 0.25) is 0 Å². The van der Waals surface area contributed by atoms with Gasteiger partial charge < -0.3 is 5.32 Å². The van der Waals surface area contributed by atoms with Crippen LogP contribution in [0.1, 0.15) is 18.7 Å². The van der Waals surface area contributed by atoms with Gasteiger partial charge in [-0.2, -0.15) is 15.0 Å². The average molecular weight is 271 g/mol. The van der Waals surface area contributed by atoms with Crippen molar-refractivity contribution in [3.05, 3.63) is 53.2 Å². The van der Waals surface area contributed by atoms with Crippen LogP contribution < -0.4 is 5.32 Å². The molecule has 1 aromatic carbocycles. The minimum Gasteiger partial charge on any atom is -0.377 e. The maximum atomic E-state index is 4.30. The summed E-state index contributed by atoms with van der Waals surface area (Å²) in [7, 11) is 0. The second-order valence-corrected chi connectivity index (χ2v) is 4.86. The fourth-order valence-electron chi connectivity index (χ4n) is 1.80. The van der Waals surface area contributed by atoms with Crippen molar-refractivity contribution in [3.63, 3.8) is 0 Å². The lowest BCUT2D eigenvalue weighted by atomic mass is 10.2. The van der Waals surface area contributed by atoms with E-state index in [0.717, 1.165) is 17.1 Å². The van der Waals surface area contributed by atoms with E-state index < -0.39 is 0 Å². The Bertz CT molecular complexity index is 616. The second kappa shape index (κ2) is 5.19. The maximum absolute atomic E-state index is 4.30. The van der Waals surface area contributed by atoms with E-state index in [0.29, 0.717) is 0 Å². The summed E-state index contributed by atoms with van der Waals surface area (Å²) in [6.07, 6.45) is 3.33. The first-order chi connectivity index (χ1) is 9.33. The van der Waals surface area contributed by atoms with Gasteiger partial charge in [0.05, 0.1) is 35.3 Å². The van der Waals surface area contributed by atoms with E-state index in [1.165, 1.54) is 0 Å². The molecule has 19 heavy (non-hydrogen) atoms. The summed E-state index contributed by atoms with van der Waals surface area (Å²) in [4.78, 5) is 5.89. The van der Waals surface area contributed by atoms with Crippen molar-refractivity contribution >= 4 is 17.0 Å². The SMILES string of the molecule is CC(Nc1ccc(-n2nccn2)cc1)c1cscn1. The topological polar surface area (TPSA) is 55.6 Å². The summed E-state index contributed by atoms with van der Waals surface area (Å²) in [5.41, 5.74) is 4.90. The monoisotopic (exact) mass is 271 g/mol. The molecule has 0 saturated heterocycles. The molecule has 2 aromatic heterocycles. The van der Waals surface area contributed by atoms with Gasteiger partial charge >= 0.3 is 0 Å². The molecular formula is C13H13N5S. The van der Waals surface area contributed by atoms with Crippen LogP contribution in [0.5, 0.6) is 0 Å². The lowest BCUT2D eigenvalue weighted by Gasteiger charge is -2.13. The Morgan fingerprint density at radius 2 is 1.89 bits per heavy atom. The maximum Gasteiger partial charge on any atom is 0.0858 e. The number of aromatic nitrogens is 4. The zero-order valence-electron chi connectivity index (χ0n) is 10.4. The third-order valence-electron chi connectivity index (χ3n) is 2.80. The Morgan fingerprint density at radius 3 is 2.53 bits per heavy atom. The van der Waals surface area contributed by atoms with Gasteiger partial charge in [0.25, 0.3) is 0 Å². The molecule has 1 unspecified atom stereocenters. The molecule has 1 atom stereocenters. The van der Waals surface area contributed by atoms with Crippen LogP contribution in [0.4, 0.5) is 5.69 Å². The highest BCUT2D eigenvalue weighted by molar-refractivity contribution is 7.07. The van der Waals surface area contributed by atoms with E-state index in [4.69, 9.17) is 0 Å². The summed E-state index contributed by atoms with van der Waals surface area (Å²) in [5, 5.41) is 13.7. The van der Waals surface area contributed by atoms with Gasteiger partial charge in [-0.25, -0.2) is 4.98 Å². The summed E-state index contributed by atoms with van der Waals surface area (Å²) in [6, 6.07) is 8.19. The van der Waals surface area contributed by atoms with Crippen molar-refractivity contribution in [1.29, 1.82) is 0 Å². The van der Waals surface area contributed by atoms with Gasteiger partial charge in [0.15, 0.2) is 0 Å². The smallest absolute Gasteiger partial charge is 0.0858 e. The van der Waals surface area contributed by atoms with Gasteiger partial charge in [-0.1, -0.05) is 0 Å². The molecule has 2 heterocycles. The number of nitrogens with one attached hydrogen (secondary N) is 1. The van der Waals surface area contributed by atoms with Crippen molar-refractivity contribution < 1.29 is 0 Å². The largest absolute Gasteiger partial charge is 0.377 e. The van der Waals surface area contributed by atoms with Gasteiger partial charge in [-0.3, -0.25) is 0 Å². The van der Waals surface area contributed by atoms with E-state index in [9.17, 15) is 0 Å². The summed E-state index contributed by atoms with van der Waals surface area (Å²) in [5.74, 6) is 0. The predicted octanol–water partition coefficient (Wildman–Crippen LogP) is 2.90. The molecule has 0 radical (unpaired) electrons. The Hall–Kier alpha value is -2.21. The van der Waals surface area contributed by atoms with Crippen molar-refractivity contribution in [3.8, 4) is 5.69 Å². The normalized spacial score (nSPS) is 12.3. The van der Waals surface area contributed by atoms with E-state index >= 15 is 0 Å². The molecule has 0 saturated carbocycles. The highest BCUT2D eigenvalue weighted by Gasteiger charge is 2.07. The predicted molar refractivity (Wildman–Crippen MR) is 75.5 cm³/mol. The van der Waals surface area contributed by atoms with Crippen LogP contribution in [-0.4, -0.2) is 20.0 Å². The first-order valence-corrected chi connectivity index (χ1v) is 6.88. The van der Waals surface area contributed by atoms with Crippen molar-refractivity contribution in [2.75, 3.05) is 5.32 Å².